The number of para-hydroxylation sites is 4. The third kappa shape index (κ3) is 5.29. The summed E-state index contributed by atoms with van der Waals surface area (Å²) < 4.78 is 2.60. The molecule has 0 radical (unpaired) electrons. The highest BCUT2D eigenvalue weighted by Crippen LogP contribution is 2.58. The zero-order valence-electron chi connectivity index (χ0n) is 33.7. The van der Waals surface area contributed by atoms with Crippen molar-refractivity contribution in [2.45, 2.75) is 26.3 Å². The summed E-state index contributed by atoms with van der Waals surface area (Å²) in [6.07, 6.45) is 0. The Kier molecular flexibility index (Phi) is 8.31. The lowest BCUT2D eigenvalue weighted by Crippen LogP contribution is -2.42. The molecule has 1 aliphatic rings. The van der Waals surface area contributed by atoms with E-state index in [4.69, 9.17) is 15.0 Å². The number of hydrogen-bond donors (Lipinski definition) is 0. The summed E-state index contributed by atoms with van der Waals surface area (Å²) in [4.78, 5) is 17.8. The van der Waals surface area contributed by atoms with Crippen LogP contribution in [0.4, 0.5) is 17.1 Å². The van der Waals surface area contributed by atoms with Gasteiger partial charge in [-0.25, -0.2) is 15.0 Å². The van der Waals surface area contributed by atoms with E-state index >= 15 is 0 Å². The number of aryl methyl sites for hydroxylation is 1. The monoisotopic (exact) mass is 771 g/mol. The number of rotatable bonds is 6. The van der Waals surface area contributed by atoms with Gasteiger partial charge in [0.2, 0.25) is 0 Å². The molecule has 286 valence electrons. The van der Waals surface area contributed by atoms with Crippen LogP contribution in [0.25, 0.3) is 56.0 Å². The number of hydrogen-bond acceptors (Lipinski definition) is 4. The molecule has 8 aromatic carbocycles. The second-order valence-electron chi connectivity index (χ2n) is 15.7. The van der Waals surface area contributed by atoms with Gasteiger partial charge in [0.25, 0.3) is 0 Å². The molecule has 11 rings (SSSR count). The van der Waals surface area contributed by atoms with Crippen molar-refractivity contribution in [1.29, 1.82) is 0 Å². The Hall–Kier alpha value is -7.63. The molecule has 5 heteroatoms. The van der Waals surface area contributed by atoms with Crippen LogP contribution < -0.4 is 4.90 Å². The highest BCUT2D eigenvalue weighted by atomic mass is 15.2. The molecule has 60 heavy (non-hydrogen) atoms. The van der Waals surface area contributed by atoms with Crippen LogP contribution in [0.3, 0.4) is 0 Å². The van der Waals surface area contributed by atoms with E-state index in [0.717, 1.165) is 50.4 Å². The maximum atomic E-state index is 5.17. The van der Waals surface area contributed by atoms with Crippen molar-refractivity contribution in [2.75, 3.05) is 4.90 Å². The van der Waals surface area contributed by atoms with Crippen molar-refractivity contribution >= 4 is 38.9 Å². The van der Waals surface area contributed by atoms with Gasteiger partial charge in [-0.15, -0.1) is 0 Å². The Morgan fingerprint density at radius 1 is 0.400 bits per heavy atom. The third-order valence-corrected chi connectivity index (χ3v) is 12.4. The quantitative estimate of drug-likeness (QED) is 0.169. The highest BCUT2D eigenvalue weighted by molar-refractivity contribution is 6.09. The Labute approximate surface area is 349 Å². The molecule has 0 N–H and O–H groups in total. The van der Waals surface area contributed by atoms with E-state index in [1.54, 1.807) is 0 Å². The molecule has 0 saturated carbocycles. The third-order valence-electron chi connectivity index (χ3n) is 12.4. The van der Waals surface area contributed by atoms with Crippen LogP contribution in [-0.4, -0.2) is 19.5 Å². The smallest absolute Gasteiger partial charge is 0.164 e. The van der Waals surface area contributed by atoms with Crippen molar-refractivity contribution in [1.82, 2.24) is 19.5 Å². The SMILES string of the molecule is Cc1cc(N2c3ccccc3C(c3ccccc3)(n3c4ccccc4c4ccccc43)c3ccccc32)c(C)c(C)c1-c1nc(-c2ccccc2)nc(-c2ccccc2)n1. The van der Waals surface area contributed by atoms with Gasteiger partial charge in [-0.05, 0) is 73.4 Å². The van der Waals surface area contributed by atoms with Gasteiger partial charge in [0.15, 0.2) is 17.5 Å². The number of benzene rings is 8. The van der Waals surface area contributed by atoms with Gasteiger partial charge in [-0.1, -0.05) is 164 Å². The van der Waals surface area contributed by atoms with Crippen molar-refractivity contribution < 1.29 is 0 Å². The van der Waals surface area contributed by atoms with E-state index in [1.807, 2.05) is 36.4 Å². The van der Waals surface area contributed by atoms with Crippen molar-refractivity contribution in [3.63, 3.8) is 0 Å². The second-order valence-corrected chi connectivity index (χ2v) is 15.7. The molecular formula is C55H41N5. The Morgan fingerprint density at radius 2 is 0.833 bits per heavy atom. The van der Waals surface area contributed by atoms with Gasteiger partial charge in [0.1, 0.15) is 5.54 Å². The van der Waals surface area contributed by atoms with E-state index < -0.39 is 5.54 Å². The Balaban J connectivity index is 1.17. The molecule has 0 amide bonds. The summed E-state index contributed by atoms with van der Waals surface area (Å²) in [5.74, 6) is 1.98. The first-order chi connectivity index (χ1) is 29.5. The van der Waals surface area contributed by atoms with Gasteiger partial charge in [-0.2, -0.15) is 0 Å². The van der Waals surface area contributed by atoms with Gasteiger partial charge in [0.05, 0.1) is 22.4 Å². The lowest BCUT2D eigenvalue weighted by Gasteiger charge is -2.48. The predicted octanol–water partition coefficient (Wildman–Crippen LogP) is 13.5. The fourth-order valence-electron chi connectivity index (χ4n) is 9.69. The topological polar surface area (TPSA) is 46.8 Å². The van der Waals surface area contributed by atoms with Crippen LogP contribution in [0, 0.1) is 20.8 Å². The normalized spacial score (nSPS) is 13.0. The molecule has 2 aromatic heterocycles. The van der Waals surface area contributed by atoms with E-state index in [0.29, 0.717) is 17.5 Å². The molecule has 1 aliphatic heterocycles. The second kappa shape index (κ2) is 14.0. The summed E-state index contributed by atoms with van der Waals surface area (Å²) in [7, 11) is 0. The van der Waals surface area contributed by atoms with Gasteiger partial charge in [-0.3, -0.25) is 0 Å². The summed E-state index contributed by atoms with van der Waals surface area (Å²) >= 11 is 0. The molecule has 0 bridgehead atoms. The van der Waals surface area contributed by atoms with E-state index in [1.165, 1.54) is 38.5 Å². The van der Waals surface area contributed by atoms with Crippen LogP contribution in [-0.2, 0) is 5.54 Å². The maximum Gasteiger partial charge on any atom is 0.164 e. The number of fused-ring (bicyclic) bond motifs is 5. The van der Waals surface area contributed by atoms with Gasteiger partial charge in [0, 0.05) is 44.3 Å². The molecule has 0 fully saturated rings. The minimum atomic E-state index is -0.710. The van der Waals surface area contributed by atoms with E-state index in [2.05, 4.69) is 188 Å². The minimum Gasteiger partial charge on any atom is -0.322 e. The average molecular weight is 772 g/mol. The van der Waals surface area contributed by atoms with Crippen molar-refractivity contribution in [3.05, 3.63) is 228 Å². The molecule has 3 heterocycles. The van der Waals surface area contributed by atoms with E-state index in [-0.39, 0.29) is 0 Å². The fraction of sp³-hybridized carbons (Fsp3) is 0.0727. The van der Waals surface area contributed by atoms with Crippen LogP contribution in [0.2, 0.25) is 0 Å². The Morgan fingerprint density at radius 3 is 1.37 bits per heavy atom. The lowest BCUT2D eigenvalue weighted by atomic mass is 9.72. The zero-order chi connectivity index (χ0) is 40.4. The van der Waals surface area contributed by atoms with Crippen LogP contribution in [0.5, 0.6) is 0 Å². The summed E-state index contributed by atoms with van der Waals surface area (Å²) in [5, 5.41) is 2.48. The highest BCUT2D eigenvalue weighted by Gasteiger charge is 2.48. The molecule has 0 aliphatic carbocycles. The summed E-state index contributed by atoms with van der Waals surface area (Å²) in [6.45, 7) is 6.64. The summed E-state index contributed by atoms with van der Waals surface area (Å²) in [6, 6.07) is 69.4. The molecule has 5 nitrogen and oxygen atoms in total. The minimum absolute atomic E-state index is 0.654. The van der Waals surface area contributed by atoms with Crippen LogP contribution in [0.15, 0.2) is 194 Å². The largest absolute Gasteiger partial charge is 0.322 e. The molecule has 0 spiro atoms. The standard InChI is InChI=1S/C55H41N5/c1-36-35-50(37(2)38(3)51(36)54-57-52(39-21-7-4-8-22-39)56-53(58-54)40-23-9-5-10-24-40)59-48-33-19-15-29-44(48)55(41-25-11-6-12-26-41,45-30-16-20-34-49(45)59)60-46-31-17-13-27-42(46)43-28-14-18-32-47(43)60/h4-35H,1-3H3. The first-order valence-electron chi connectivity index (χ1n) is 20.6. The summed E-state index contributed by atoms with van der Waals surface area (Å²) in [5.41, 5.74) is 15.0. The van der Waals surface area contributed by atoms with Crippen LogP contribution >= 0.6 is 0 Å². The first-order valence-corrected chi connectivity index (χ1v) is 20.6. The molecule has 10 aromatic rings. The number of aromatic nitrogens is 4. The van der Waals surface area contributed by atoms with Gasteiger partial charge >= 0.3 is 0 Å². The maximum absolute atomic E-state index is 5.17. The average Bonchev–Trinajstić information content (AvgIpc) is 3.65. The zero-order valence-corrected chi connectivity index (χ0v) is 33.7. The number of anilines is 3. The van der Waals surface area contributed by atoms with Gasteiger partial charge < -0.3 is 9.47 Å². The molecule has 0 unspecified atom stereocenters. The van der Waals surface area contributed by atoms with Crippen LogP contribution in [0.1, 0.15) is 33.4 Å². The lowest BCUT2D eigenvalue weighted by molar-refractivity contribution is 0.544. The van der Waals surface area contributed by atoms with E-state index in [9.17, 15) is 0 Å². The molecule has 0 saturated heterocycles. The predicted molar refractivity (Wildman–Crippen MR) is 246 cm³/mol. The molecule has 0 atom stereocenters. The van der Waals surface area contributed by atoms with Crippen molar-refractivity contribution in [2.24, 2.45) is 0 Å². The Bertz CT molecular complexity index is 3080. The first kappa shape index (κ1) is 35.5. The van der Waals surface area contributed by atoms with Crippen molar-refractivity contribution in [3.8, 4) is 34.2 Å². The fourth-order valence-corrected chi connectivity index (χ4v) is 9.69. The molecular weight excluding hydrogens is 731 g/mol. The number of nitrogens with zero attached hydrogens (tertiary/aromatic N) is 5.